The van der Waals surface area contributed by atoms with Crippen molar-refractivity contribution < 1.29 is 14.3 Å². The molecule has 3 aromatic rings. The molecule has 1 heterocycles. The first-order chi connectivity index (χ1) is 13.9. The van der Waals surface area contributed by atoms with Gasteiger partial charge in [-0.3, -0.25) is 0 Å². The Hall–Kier alpha value is -1.94. The molecule has 29 heavy (non-hydrogen) atoms. The number of esters is 1. The normalized spacial score (nSPS) is 15.1. The van der Waals surface area contributed by atoms with Gasteiger partial charge in [0.15, 0.2) is 5.70 Å². The predicted octanol–water partition coefficient (Wildman–Crippen LogP) is 6.18. The summed E-state index contributed by atoms with van der Waals surface area (Å²) in [7, 11) is 0. The third kappa shape index (κ3) is 4.48. The zero-order valence-electron chi connectivity index (χ0n) is 15.8. The van der Waals surface area contributed by atoms with E-state index >= 15 is 0 Å². The number of nitrogens with zero attached hydrogens (tertiary/aromatic N) is 1. The highest BCUT2D eigenvalue weighted by molar-refractivity contribution is 14.1. The summed E-state index contributed by atoms with van der Waals surface area (Å²) in [5, 5.41) is 2.20. The Morgan fingerprint density at radius 3 is 2.38 bits per heavy atom. The number of fused-ring (bicyclic) bond motifs is 1. The molecule has 0 fully saturated rings. The maximum Gasteiger partial charge on any atom is 0.363 e. The van der Waals surface area contributed by atoms with Crippen molar-refractivity contribution in [3.8, 4) is 5.75 Å². The van der Waals surface area contributed by atoms with Crippen molar-refractivity contribution in [1.29, 1.82) is 0 Å². The van der Waals surface area contributed by atoms with Crippen molar-refractivity contribution in [1.82, 2.24) is 0 Å². The van der Waals surface area contributed by atoms with Crippen LogP contribution < -0.4 is 4.74 Å². The summed E-state index contributed by atoms with van der Waals surface area (Å²) in [5.41, 5.74) is 1.95. The number of halogens is 2. The van der Waals surface area contributed by atoms with Crippen LogP contribution in [0.25, 0.3) is 16.8 Å². The van der Waals surface area contributed by atoms with E-state index in [0.29, 0.717) is 5.90 Å². The largest absolute Gasteiger partial charge is 0.489 e. The van der Waals surface area contributed by atoms with E-state index in [-0.39, 0.29) is 11.8 Å². The minimum atomic E-state index is -0.444. The van der Waals surface area contributed by atoms with Crippen molar-refractivity contribution in [2.75, 3.05) is 0 Å². The van der Waals surface area contributed by atoms with Crippen LogP contribution in [0.3, 0.4) is 0 Å². The minimum Gasteiger partial charge on any atom is -0.489 e. The molecular weight excluding hydrogens is 592 g/mol. The van der Waals surface area contributed by atoms with Crippen molar-refractivity contribution in [3.05, 3.63) is 78.6 Å². The Balaban J connectivity index is 1.67. The average Bonchev–Trinajstić information content (AvgIpc) is 3.04. The fraction of sp³-hybridized carbons (Fsp3) is 0.130. The van der Waals surface area contributed by atoms with Gasteiger partial charge in [0.1, 0.15) is 5.75 Å². The zero-order valence-corrected chi connectivity index (χ0v) is 20.1. The molecule has 4 nitrogen and oxygen atoms in total. The third-order valence-electron chi connectivity index (χ3n) is 4.29. The minimum absolute atomic E-state index is 0.0974. The number of aliphatic imine (C=N–C) groups is 1. The highest BCUT2D eigenvalue weighted by atomic mass is 127. The molecule has 0 saturated carbocycles. The van der Waals surface area contributed by atoms with E-state index < -0.39 is 5.97 Å². The number of rotatable bonds is 4. The topological polar surface area (TPSA) is 47.9 Å². The SMILES string of the molecule is CC(C)Oc1c(I)cc(/C=C2\N=C(c3ccc4ccccc4c3)OC2=O)cc1I. The number of benzene rings is 3. The quantitative estimate of drug-likeness (QED) is 0.202. The molecule has 6 heteroatoms. The molecular formula is C23H17I2NO3. The van der Waals surface area contributed by atoms with Gasteiger partial charge >= 0.3 is 5.97 Å². The maximum absolute atomic E-state index is 12.4. The molecule has 0 radical (unpaired) electrons. The van der Waals surface area contributed by atoms with Gasteiger partial charge in [0, 0.05) is 5.56 Å². The Labute approximate surface area is 196 Å². The summed E-state index contributed by atoms with van der Waals surface area (Å²) in [6.07, 6.45) is 1.85. The fourth-order valence-electron chi connectivity index (χ4n) is 3.02. The molecule has 0 atom stereocenters. The van der Waals surface area contributed by atoms with E-state index in [4.69, 9.17) is 9.47 Å². The van der Waals surface area contributed by atoms with Gasteiger partial charge in [0.25, 0.3) is 0 Å². The molecule has 4 rings (SSSR count). The molecule has 0 aliphatic carbocycles. The van der Waals surface area contributed by atoms with Crippen LogP contribution in [-0.2, 0) is 9.53 Å². The Morgan fingerprint density at radius 1 is 1.00 bits per heavy atom. The molecule has 0 spiro atoms. The summed E-state index contributed by atoms with van der Waals surface area (Å²) in [6, 6.07) is 17.9. The van der Waals surface area contributed by atoms with Crippen molar-refractivity contribution in [2.45, 2.75) is 20.0 Å². The van der Waals surface area contributed by atoms with Crippen LogP contribution in [0.5, 0.6) is 5.75 Å². The van der Waals surface area contributed by atoms with Crippen molar-refractivity contribution in [3.63, 3.8) is 0 Å². The van der Waals surface area contributed by atoms with E-state index in [0.717, 1.165) is 34.8 Å². The van der Waals surface area contributed by atoms with Gasteiger partial charge in [-0.25, -0.2) is 9.79 Å². The summed E-state index contributed by atoms with van der Waals surface area (Å²) in [5.74, 6) is 0.745. The summed E-state index contributed by atoms with van der Waals surface area (Å²) < 4.78 is 13.3. The zero-order chi connectivity index (χ0) is 20.5. The standard InChI is InChI=1S/C23H17I2NO3/c1-13(2)28-21-18(24)9-14(10-19(21)25)11-20-23(27)29-22(26-20)17-8-7-15-5-3-4-6-16(15)12-17/h3-13H,1-2H3/b20-11-. The number of cyclic esters (lactones) is 1. The van der Waals surface area contributed by atoms with Crippen LogP contribution in [0.15, 0.2) is 65.3 Å². The van der Waals surface area contributed by atoms with Crippen LogP contribution in [0.2, 0.25) is 0 Å². The molecule has 0 amide bonds. The van der Waals surface area contributed by atoms with Crippen LogP contribution in [0, 0.1) is 7.14 Å². The van der Waals surface area contributed by atoms with Gasteiger partial charge in [0.05, 0.1) is 13.2 Å². The summed E-state index contributed by atoms with van der Waals surface area (Å²) >= 11 is 4.49. The van der Waals surface area contributed by atoms with Crippen LogP contribution in [0.4, 0.5) is 0 Å². The van der Waals surface area contributed by atoms with Crippen LogP contribution >= 0.6 is 45.2 Å². The number of hydrogen-bond acceptors (Lipinski definition) is 4. The Kier molecular flexibility index (Phi) is 5.91. The number of ether oxygens (including phenoxy) is 2. The Morgan fingerprint density at radius 2 is 1.69 bits per heavy atom. The molecule has 0 bridgehead atoms. The van der Waals surface area contributed by atoms with E-state index in [1.165, 1.54) is 0 Å². The Bertz CT molecular complexity index is 1160. The molecule has 0 unspecified atom stereocenters. The third-order valence-corrected chi connectivity index (χ3v) is 5.90. The average molecular weight is 609 g/mol. The smallest absolute Gasteiger partial charge is 0.363 e. The molecule has 0 saturated heterocycles. The fourth-order valence-corrected chi connectivity index (χ4v) is 5.09. The molecule has 3 aromatic carbocycles. The second kappa shape index (κ2) is 8.43. The molecule has 0 N–H and O–H groups in total. The lowest BCUT2D eigenvalue weighted by Gasteiger charge is -2.14. The number of hydrogen-bond donors (Lipinski definition) is 0. The van der Waals surface area contributed by atoms with Crippen LogP contribution in [0.1, 0.15) is 25.0 Å². The monoisotopic (exact) mass is 609 g/mol. The van der Waals surface area contributed by atoms with Gasteiger partial charge in [-0.1, -0.05) is 30.3 Å². The van der Waals surface area contributed by atoms with Gasteiger partial charge < -0.3 is 9.47 Å². The lowest BCUT2D eigenvalue weighted by molar-refractivity contribution is -0.129. The molecule has 1 aliphatic rings. The lowest BCUT2D eigenvalue weighted by atomic mass is 10.1. The molecule has 0 aromatic heterocycles. The predicted molar refractivity (Wildman–Crippen MR) is 132 cm³/mol. The first-order valence-corrected chi connectivity index (χ1v) is 11.2. The number of carbonyl (C=O) groups excluding carboxylic acids is 1. The number of carbonyl (C=O) groups is 1. The molecule has 146 valence electrons. The van der Waals surface area contributed by atoms with Gasteiger partial charge in [-0.15, -0.1) is 0 Å². The van der Waals surface area contributed by atoms with E-state index in [1.54, 1.807) is 6.08 Å². The first-order valence-electron chi connectivity index (χ1n) is 9.08. The molecule has 1 aliphatic heterocycles. The summed E-state index contributed by atoms with van der Waals surface area (Å²) in [6.45, 7) is 4.00. The summed E-state index contributed by atoms with van der Waals surface area (Å²) in [4.78, 5) is 16.8. The second-order valence-electron chi connectivity index (χ2n) is 6.88. The van der Waals surface area contributed by atoms with Gasteiger partial charge in [-0.05, 0) is 106 Å². The van der Waals surface area contributed by atoms with E-state index in [2.05, 4.69) is 50.2 Å². The lowest BCUT2D eigenvalue weighted by Crippen LogP contribution is -2.08. The van der Waals surface area contributed by atoms with Gasteiger partial charge in [0.2, 0.25) is 5.90 Å². The maximum atomic E-state index is 12.4. The van der Waals surface area contributed by atoms with Crippen LogP contribution in [-0.4, -0.2) is 18.0 Å². The van der Waals surface area contributed by atoms with Crippen molar-refractivity contribution >= 4 is 73.9 Å². The highest BCUT2D eigenvalue weighted by Crippen LogP contribution is 2.31. The van der Waals surface area contributed by atoms with E-state index in [9.17, 15) is 4.79 Å². The second-order valence-corrected chi connectivity index (χ2v) is 9.20. The van der Waals surface area contributed by atoms with E-state index in [1.807, 2.05) is 68.4 Å². The first kappa shape index (κ1) is 20.3. The highest BCUT2D eigenvalue weighted by Gasteiger charge is 2.24. The van der Waals surface area contributed by atoms with Gasteiger partial charge in [-0.2, -0.15) is 0 Å². The van der Waals surface area contributed by atoms with Crippen molar-refractivity contribution in [2.24, 2.45) is 4.99 Å².